The molecule has 2 saturated heterocycles. The van der Waals surface area contributed by atoms with Crippen molar-refractivity contribution in [3.63, 3.8) is 0 Å². The van der Waals surface area contributed by atoms with Gasteiger partial charge < -0.3 is 14.5 Å². The van der Waals surface area contributed by atoms with Crippen LogP contribution in [0, 0.1) is 0 Å². The molecule has 3 N–H and O–H groups in total. The summed E-state index contributed by atoms with van der Waals surface area (Å²) in [5.41, 5.74) is 2.54. The van der Waals surface area contributed by atoms with Gasteiger partial charge >= 0.3 is 0 Å². The summed E-state index contributed by atoms with van der Waals surface area (Å²) in [5, 5.41) is 0. The van der Waals surface area contributed by atoms with Crippen LogP contribution in [0.2, 0.25) is 0 Å². The van der Waals surface area contributed by atoms with Gasteiger partial charge in [0, 0.05) is 31.9 Å². The van der Waals surface area contributed by atoms with Crippen LogP contribution in [0.25, 0.3) is 0 Å². The van der Waals surface area contributed by atoms with Crippen molar-refractivity contribution in [2.75, 3.05) is 60.1 Å². The molecule has 0 aromatic carbocycles. The smallest absolute Gasteiger partial charge is 0.243 e. The third-order valence-corrected chi connectivity index (χ3v) is 4.95. The number of aromatic nitrogens is 3. The minimum atomic E-state index is 0.402. The zero-order valence-electron chi connectivity index (χ0n) is 12.2. The molecule has 9 heteroatoms. The number of thioether (sulfide) groups is 1. The lowest BCUT2D eigenvalue weighted by atomic mass is 10.2. The fourth-order valence-corrected chi connectivity index (χ4v) is 3.74. The highest BCUT2D eigenvalue weighted by Gasteiger charge is 2.24. The van der Waals surface area contributed by atoms with Gasteiger partial charge in [-0.25, -0.2) is 5.84 Å². The summed E-state index contributed by atoms with van der Waals surface area (Å²) in [5.74, 6) is 9.54. The van der Waals surface area contributed by atoms with Gasteiger partial charge in [0.05, 0.1) is 13.2 Å². The summed E-state index contributed by atoms with van der Waals surface area (Å²) < 4.78 is 5.37. The first kappa shape index (κ1) is 14.6. The maximum absolute atomic E-state index is 5.50. The second-order valence-electron chi connectivity index (χ2n) is 5.13. The maximum atomic E-state index is 5.50. The first-order chi connectivity index (χ1) is 10.3. The maximum Gasteiger partial charge on any atom is 0.243 e. The Morgan fingerprint density at radius 3 is 2.81 bits per heavy atom. The highest BCUT2D eigenvalue weighted by Crippen LogP contribution is 2.25. The van der Waals surface area contributed by atoms with E-state index >= 15 is 0 Å². The second-order valence-corrected chi connectivity index (χ2v) is 6.28. The zero-order valence-corrected chi connectivity index (χ0v) is 13.0. The number of nitrogens with two attached hydrogens (primary N) is 1. The Bertz CT molecular complexity index is 477. The predicted molar refractivity (Wildman–Crippen MR) is 84.8 cm³/mol. The van der Waals surface area contributed by atoms with E-state index in [4.69, 9.17) is 10.6 Å². The largest absolute Gasteiger partial charge is 0.378 e. The molecule has 1 aromatic rings. The van der Waals surface area contributed by atoms with E-state index in [-0.39, 0.29) is 0 Å². The van der Waals surface area contributed by atoms with Gasteiger partial charge in [-0.1, -0.05) is 0 Å². The van der Waals surface area contributed by atoms with Crippen LogP contribution >= 0.6 is 11.8 Å². The van der Waals surface area contributed by atoms with Crippen molar-refractivity contribution in [2.24, 2.45) is 5.84 Å². The Balaban J connectivity index is 1.84. The highest BCUT2D eigenvalue weighted by atomic mass is 32.2. The fraction of sp³-hybridized carbons (Fsp3) is 0.750. The molecule has 2 fully saturated rings. The number of nitrogens with zero attached hydrogens (tertiary/aromatic N) is 5. The predicted octanol–water partition coefficient (Wildman–Crippen LogP) is -0.0645. The topological polar surface area (TPSA) is 92.4 Å². The van der Waals surface area contributed by atoms with E-state index in [1.807, 2.05) is 18.8 Å². The summed E-state index contributed by atoms with van der Waals surface area (Å²) in [7, 11) is 2.04. The van der Waals surface area contributed by atoms with Gasteiger partial charge in [-0.15, -0.1) is 0 Å². The molecular formula is C12H21N7OS. The van der Waals surface area contributed by atoms with E-state index in [2.05, 4.69) is 30.2 Å². The van der Waals surface area contributed by atoms with Crippen molar-refractivity contribution in [3.05, 3.63) is 0 Å². The Kier molecular flexibility index (Phi) is 4.61. The van der Waals surface area contributed by atoms with E-state index in [1.165, 1.54) is 5.75 Å². The van der Waals surface area contributed by atoms with E-state index in [9.17, 15) is 0 Å². The molecule has 0 saturated carbocycles. The number of nitrogens with one attached hydrogen (secondary N) is 1. The Hall–Kier alpha value is -1.32. The molecule has 116 valence electrons. The molecule has 3 rings (SSSR count). The minimum Gasteiger partial charge on any atom is -0.378 e. The summed E-state index contributed by atoms with van der Waals surface area (Å²) in [6.45, 7) is 2.97. The van der Waals surface area contributed by atoms with Crippen LogP contribution in [-0.2, 0) is 4.74 Å². The summed E-state index contributed by atoms with van der Waals surface area (Å²) in [4.78, 5) is 17.6. The van der Waals surface area contributed by atoms with Crippen molar-refractivity contribution in [1.29, 1.82) is 0 Å². The van der Waals surface area contributed by atoms with Gasteiger partial charge in [-0.05, 0) is 12.2 Å². The van der Waals surface area contributed by atoms with Crippen LogP contribution in [0.15, 0.2) is 0 Å². The average Bonchev–Trinajstić information content (AvgIpc) is 3.09. The van der Waals surface area contributed by atoms with Gasteiger partial charge in [-0.2, -0.15) is 26.7 Å². The lowest BCUT2D eigenvalue weighted by molar-refractivity contribution is 0.122. The lowest BCUT2D eigenvalue weighted by Gasteiger charge is -2.29. The Morgan fingerprint density at radius 2 is 2.14 bits per heavy atom. The Morgan fingerprint density at radius 1 is 1.33 bits per heavy atom. The van der Waals surface area contributed by atoms with Crippen LogP contribution in [0.4, 0.5) is 17.8 Å². The molecule has 8 nitrogen and oxygen atoms in total. The Labute approximate surface area is 128 Å². The number of ether oxygens (including phenoxy) is 1. The van der Waals surface area contributed by atoms with Gasteiger partial charge in [-0.3, -0.25) is 5.43 Å². The van der Waals surface area contributed by atoms with E-state index in [0.717, 1.165) is 25.3 Å². The standard InChI is InChI=1S/C12H21N7OS/c1-18(9-2-7-21-8-9)11-14-10(17-13)15-12(16-11)19-3-5-20-6-4-19/h9H,2-8,13H2,1H3,(H,14,15,16,17). The van der Waals surface area contributed by atoms with E-state index < -0.39 is 0 Å². The van der Waals surface area contributed by atoms with E-state index in [0.29, 0.717) is 37.1 Å². The van der Waals surface area contributed by atoms with Crippen molar-refractivity contribution in [3.8, 4) is 0 Å². The molecule has 0 spiro atoms. The van der Waals surface area contributed by atoms with Gasteiger partial charge in [0.25, 0.3) is 0 Å². The number of nitrogen functional groups attached to an aromatic ring is 1. The monoisotopic (exact) mass is 311 g/mol. The fourth-order valence-electron chi connectivity index (χ4n) is 2.47. The average molecular weight is 311 g/mol. The van der Waals surface area contributed by atoms with Crippen LogP contribution < -0.4 is 21.1 Å². The summed E-state index contributed by atoms with van der Waals surface area (Å²) in [6.07, 6.45) is 1.16. The first-order valence-corrected chi connectivity index (χ1v) is 8.29. The molecule has 1 aromatic heterocycles. The first-order valence-electron chi connectivity index (χ1n) is 7.14. The number of morpholine rings is 1. The van der Waals surface area contributed by atoms with Gasteiger partial charge in [0.15, 0.2) is 0 Å². The molecule has 21 heavy (non-hydrogen) atoms. The van der Waals surface area contributed by atoms with Crippen molar-refractivity contribution in [1.82, 2.24) is 15.0 Å². The SMILES string of the molecule is CN(c1nc(NN)nc(N2CCOCC2)n1)C1CCSC1. The molecule has 0 aliphatic carbocycles. The third-order valence-electron chi connectivity index (χ3n) is 3.80. The van der Waals surface area contributed by atoms with Crippen LogP contribution in [0.3, 0.4) is 0 Å². The number of rotatable bonds is 4. The third kappa shape index (κ3) is 3.30. The van der Waals surface area contributed by atoms with Crippen molar-refractivity contribution in [2.45, 2.75) is 12.5 Å². The van der Waals surface area contributed by atoms with Crippen molar-refractivity contribution < 1.29 is 4.74 Å². The molecule has 1 atom stereocenters. The molecule has 2 aliphatic rings. The normalized spacial score (nSPS) is 22.4. The minimum absolute atomic E-state index is 0.402. The van der Waals surface area contributed by atoms with Crippen LogP contribution in [-0.4, -0.2) is 65.9 Å². The van der Waals surface area contributed by atoms with E-state index in [1.54, 1.807) is 0 Å². The molecule has 0 bridgehead atoms. The molecule has 0 amide bonds. The number of anilines is 3. The van der Waals surface area contributed by atoms with Crippen LogP contribution in [0.1, 0.15) is 6.42 Å². The molecular weight excluding hydrogens is 290 g/mol. The quantitative estimate of drug-likeness (QED) is 0.585. The number of hydrogen-bond acceptors (Lipinski definition) is 9. The highest BCUT2D eigenvalue weighted by molar-refractivity contribution is 7.99. The van der Waals surface area contributed by atoms with Gasteiger partial charge in [0.2, 0.25) is 17.8 Å². The lowest BCUT2D eigenvalue weighted by Crippen LogP contribution is -2.39. The second kappa shape index (κ2) is 6.63. The van der Waals surface area contributed by atoms with Crippen molar-refractivity contribution >= 4 is 29.6 Å². The molecule has 1 unspecified atom stereocenters. The zero-order chi connectivity index (χ0) is 14.7. The number of hydrogen-bond donors (Lipinski definition) is 2. The molecule has 3 heterocycles. The summed E-state index contributed by atoms with van der Waals surface area (Å²) in [6, 6.07) is 0.473. The van der Waals surface area contributed by atoms with Gasteiger partial charge in [0.1, 0.15) is 0 Å². The molecule has 0 radical (unpaired) electrons. The van der Waals surface area contributed by atoms with Crippen LogP contribution in [0.5, 0.6) is 0 Å². The summed E-state index contributed by atoms with van der Waals surface area (Å²) >= 11 is 1.97. The molecule has 2 aliphatic heterocycles. The number of hydrazine groups is 1.